The number of carbonyl (C=O) groups is 4. The summed E-state index contributed by atoms with van der Waals surface area (Å²) in [4.78, 5) is 54.1. The van der Waals surface area contributed by atoms with Crippen molar-refractivity contribution < 1.29 is 19.2 Å². The number of benzene rings is 1. The topological polar surface area (TPSA) is 91.7 Å². The summed E-state index contributed by atoms with van der Waals surface area (Å²) in [6, 6.07) is 6.83. The zero-order valence-electron chi connectivity index (χ0n) is 18.6. The van der Waals surface area contributed by atoms with Crippen molar-refractivity contribution in [2.45, 2.75) is 57.5 Å². The number of hydrogen-bond donors (Lipinski definition) is 1. The van der Waals surface area contributed by atoms with E-state index in [1.165, 1.54) is 4.90 Å². The molecule has 33 heavy (non-hydrogen) atoms. The number of likely N-dealkylation sites (tertiary alicyclic amines) is 1. The summed E-state index contributed by atoms with van der Waals surface area (Å²) >= 11 is 0. The lowest BCUT2D eigenvalue weighted by Gasteiger charge is -2.31. The Labute approximate surface area is 192 Å². The Bertz CT molecular complexity index is 1150. The van der Waals surface area contributed by atoms with Crippen molar-refractivity contribution in [3.63, 3.8) is 0 Å². The molecule has 0 atom stereocenters. The molecule has 3 fully saturated rings. The number of para-hydroxylation sites is 1. The number of nitrogens with one attached hydrogen (secondary N) is 1. The number of fused-ring (bicyclic) bond motifs is 1. The molecule has 2 saturated heterocycles. The molecule has 5 rings (SSSR count). The molecule has 1 N–H and O–H groups in total. The van der Waals surface area contributed by atoms with Crippen LogP contribution in [0.1, 0.15) is 50.5 Å². The molecular weight excluding hydrogens is 420 g/mol. The summed E-state index contributed by atoms with van der Waals surface area (Å²) in [6.45, 7) is 1.78. The van der Waals surface area contributed by atoms with Crippen LogP contribution in [-0.4, -0.2) is 57.3 Å². The lowest BCUT2D eigenvalue weighted by molar-refractivity contribution is -0.133. The monoisotopic (exact) mass is 448 g/mol. The number of aromatic nitrogens is 1. The predicted molar refractivity (Wildman–Crippen MR) is 123 cm³/mol. The van der Waals surface area contributed by atoms with E-state index in [1.54, 1.807) is 6.08 Å². The summed E-state index contributed by atoms with van der Waals surface area (Å²) in [7, 11) is 0. The Balaban J connectivity index is 1.48. The lowest BCUT2D eigenvalue weighted by atomic mass is 10.0. The van der Waals surface area contributed by atoms with E-state index in [1.807, 2.05) is 39.9 Å². The number of rotatable bonds is 4. The van der Waals surface area contributed by atoms with Gasteiger partial charge in [0.25, 0.3) is 11.8 Å². The number of hydrogen-bond acceptors (Lipinski definition) is 4. The number of amides is 5. The molecule has 8 nitrogen and oxygen atoms in total. The van der Waals surface area contributed by atoms with Gasteiger partial charge >= 0.3 is 6.03 Å². The average molecular weight is 449 g/mol. The van der Waals surface area contributed by atoms with Crippen molar-refractivity contribution >= 4 is 40.7 Å². The normalized spacial score (nSPS) is 21.3. The smallest absolute Gasteiger partial charge is 0.331 e. The molecule has 3 heterocycles. The van der Waals surface area contributed by atoms with E-state index >= 15 is 0 Å². The summed E-state index contributed by atoms with van der Waals surface area (Å²) < 4.78 is 1.88. The summed E-state index contributed by atoms with van der Waals surface area (Å²) in [5, 5.41) is 3.18. The first-order valence-electron chi connectivity index (χ1n) is 11.8. The van der Waals surface area contributed by atoms with Gasteiger partial charge in [0.1, 0.15) is 12.1 Å². The van der Waals surface area contributed by atoms with Crippen LogP contribution >= 0.6 is 0 Å². The molecule has 2 aromatic rings. The second-order valence-corrected chi connectivity index (χ2v) is 9.10. The largest absolute Gasteiger partial charge is 0.341 e. The second-order valence-electron chi connectivity index (χ2n) is 9.10. The van der Waals surface area contributed by atoms with Gasteiger partial charge in [0.15, 0.2) is 0 Å². The average Bonchev–Trinajstić information content (AvgIpc) is 3.46. The maximum atomic E-state index is 13.2. The maximum absolute atomic E-state index is 13.2. The van der Waals surface area contributed by atoms with Crippen LogP contribution in [0, 0.1) is 0 Å². The van der Waals surface area contributed by atoms with E-state index in [0.717, 1.165) is 68.9 Å². The number of carbonyl (C=O) groups excluding carboxylic acids is 4. The number of imide groups is 2. The van der Waals surface area contributed by atoms with Gasteiger partial charge in [-0.05, 0) is 44.2 Å². The molecular formula is C25H28N4O4. The number of urea groups is 1. The van der Waals surface area contributed by atoms with Gasteiger partial charge in [0.2, 0.25) is 5.91 Å². The van der Waals surface area contributed by atoms with Gasteiger partial charge in [0.05, 0.1) is 0 Å². The van der Waals surface area contributed by atoms with Crippen molar-refractivity contribution in [1.29, 1.82) is 0 Å². The first-order valence-corrected chi connectivity index (χ1v) is 11.8. The molecule has 1 saturated carbocycles. The number of piperidine rings is 1. The van der Waals surface area contributed by atoms with Gasteiger partial charge in [-0.3, -0.25) is 24.6 Å². The third kappa shape index (κ3) is 4.05. The van der Waals surface area contributed by atoms with Crippen molar-refractivity contribution in [3.8, 4) is 0 Å². The summed E-state index contributed by atoms with van der Waals surface area (Å²) in [6.07, 6.45) is 10.0. The van der Waals surface area contributed by atoms with Crippen molar-refractivity contribution in [3.05, 3.63) is 41.6 Å². The Morgan fingerprint density at radius 3 is 2.48 bits per heavy atom. The van der Waals surface area contributed by atoms with E-state index in [9.17, 15) is 19.2 Å². The van der Waals surface area contributed by atoms with Gasteiger partial charge in [-0.25, -0.2) is 4.79 Å². The molecule has 1 aromatic heterocycles. The number of barbiturate groups is 1. The molecule has 3 aliphatic rings. The summed E-state index contributed by atoms with van der Waals surface area (Å²) in [5.74, 6) is -1.16. The van der Waals surface area contributed by atoms with Gasteiger partial charge < -0.3 is 9.47 Å². The molecule has 2 aliphatic heterocycles. The van der Waals surface area contributed by atoms with E-state index < -0.39 is 17.8 Å². The lowest BCUT2D eigenvalue weighted by Crippen LogP contribution is -2.57. The Morgan fingerprint density at radius 2 is 1.73 bits per heavy atom. The van der Waals surface area contributed by atoms with Crippen LogP contribution in [0.5, 0.6) is 0 Å². The van der Waals surface area contributed by atoms with E-state index in [-0.39, 0.29) is 24.1 Å². The van der Waals surface area contributed by atoms with Gasteiger partial charge in [0, 0.05) is 41.8 Å². The van der Waals surface area contributed by atoms with E-state index in [2.05, 4.69) is 5.32 Å². The third-order valence-corrected chi connectivity index (χ3v) is 6.96. The van der Waals surface area contributed by atoms with Crippen LogP contribution in [0.15, 0.2) is 36.0 Å². The first-order chi connectivity index (χ1) is 16.0. The van der Waals surface area contributed by atoms with Crippen LogP contribution in [0.4, 0.5) is 4.79 Å². The fourth-order valence-electron chi connectivity index (χ4n) is 5.23. The molecule has 0 bridgehead atoms. The van der Waals surface area contributed by atoms with Gasteiger partial charge in [-0.15, -0.1) is 0 Å². The highest BCUT2D eigenvalue weighted by atomic mass is 16.2. The minimum atomic E-state index is -0.680. The predicted octanol–water partition coefficient (Wildman–Crippen LogP) is 3.06. The molecule has 0 radical (unpaired) electrons. The zero-order valence-corrected chi connectivity index (χ0v) is 18.6. The highest BCUT2D eigenvalue weighted by molar-refractivity contribution is 6.31. The summed E-state index contributed by atoms with van der Waals surface area (Å²) in [5.41, 5.74) is 1.49. The van der Waals surface area contributed by atoms with Crippen LogP contribution < -0.4 is 5.32 Å². The SMILES string of the molecule is O=C1NC(=O)N(C2CCCC2)C(=O)/C1=C/c1cn(CC(=O)N2CCCCC2)c2ccccc12. The van der Waals surface area contributed by atoms with Crippen molar-refractivity contribution in [1.82, 2.24) is 19.7 Å². The minimum Gasteiger partial charge on any atom is -0.341 e. The van der Waals surface area contributed by atoms with Crippen molar-refractivity contribution in [2.75, 3.05) is 13.1 Å². The van der Waals surface area contributed by atoms with Crippen LogP contribution in [0.25, 0.3) is 17.0 Å². The molecule has 1 aromatic carbocycles. The third-order valence-electron chi connectivity index (χ3n) is 6.96. The molecule has 8 heteroatoms. The first kappa shape index (κ1) is 21.4. The van der Waals surface area contributed by atoms with Crippen LogP contribution in [0.2, 0.25) is 0 Å². The fourth-order valence-corrected chi connectivity index (χ4v) is 5.23. The van der Waals surface area contributed by atoms with Crippen molar-refractivity contribution in [2.24, 2.45) is 0 Å². The standard InChI is InChI=1S/C25H28N4O4/c30-22(27-12-6-1-7-13-27)16-28-15-17(19-10-4-5-11-21(19)28)14-20-23(31)26-25(33)29(24(20)32)18-8-2-3-9-18/h4-5,10-11,14-15,18H,1-3,6-9,12-13,16H2,(H,26,31,33)/b20-14+. The minimum absolute atomic E-state index is 0.0493. The maximum Gasteiger partial charge on any atom is 0.331 e. The molecule has 5 amide bonds. The van der Waals surface area contributed by atoms with Gasteiger partial charge in [-0.1, -0.05) is 31.0 Å². The molecule has 172 valence electrons. The zero-order chi connectivity index (χ0) is 22.9. The number of nitrogens with zero attached hydrogens (tertiary/aromatic N) is 3. The van der Waals surface area contributed by atoms with Crippen LogP contribution in [0.3, 0.4) is 0 Å². The second kappa shape index (κ2) is 8.84. The Morgan fingerprint density at radius 1 is 1.00 bits per heavy atom. The quantitative estimate of drug-likeness (QED) is 0.575. The fraction of sp³-hybridized carbons (Fsp3) is 0.440. The van der Waals surface area contributed by atoms with Gasteiger partial charge in [-0.2, -0.15) is 0 Å². The molecule has 0 spiro atoms. The Hall–Kier alpha value is -3.42. The van der Waals surface area contributed by atoms with E-state index in [4.69, 9.17) is 0 Å². The molecule has 0 unspecified atom stereocenters. The highest BCUT2D eigenvalue weighted by Crippen LogP contribution is 2.29. The van der Waals surface area contributed by atoms with E-state index in [0.29, 0.717) is 5.56 Å². The highest BCUT2D eigenvalue weighted by Gasteiger charge is 2.40. The molecule has 1 aliphatic carbocycles. The van der Waals surface area contributed by atoms with Crippen LogP contribution in [-0.2, 0) is 20.9 Å². The Kier molecular flexibility index (Phi) is 5.74.